The number of amidine groups is 1. The standard InChI is InChI=1S/C51H70N6O7/c1-5-7-12-25-54-51(55-47(52)13-6-2)50-39(3)24-27-56(50)36-44-19-18-40(35-46(44)60-4)38-64-34-33-63-32-31-62-30-29-61-28-26-53-48(58)22-23-49(59)57-37-43-16-9-8-14-41(43)20-21-42-15-10-11-17-45(42)57/h8-11,14-19,24,27,35,54H,3,5-7,12-13,20-23,25-26,28-34,36-38H2,1-2,4H3,(H2,52,55)(H,53,58)/b51-50+. The first kappa shape index (κ1) is 49.5. The fourth-order valence-corrected chi connectivity index (χ4v) is 7.59. The van der Waals surface area contributed by atoms with Gasteiger partial charge in [-0.1, -0.05) is 87.9 Å². The van der Waals surface area contributed by atoms with Gasteiger partial charge in [0.05, 0.1) is 78.4 Å². The third-order valence-corrected chi connectivity index (χ3v) is 11.0. The molecule has 0 spiro atoms. The average Bonchev–Trinajstić information content (AvgIpc) is 3.66. The zero-order valence-electron chi connectivity index (χ0n) is 38.3. The molecule has 0 radical (unpaired) electrons. The number of methoxy groups -OCH3 is 1. The molecule has 3 aromatic carbocycles. The van der Waals surface area contributed by atoms with E-state index in [4.69, 9.17) is 34.4 Å². The van der Waals surface area contributed by atoms with Gasteiger partial charge in [-0.2, -0.15) is 0 Å². The summed E-state index contributed by atoms with van der Waals surface area (Å²) >= 11 is 0. The summed E-state index contributed by atoms with van der Waals surface area (Å²) in [5.74, 6) is 1.90. The number of para-hydroxylation sites is 1. The molecule has 0 aliphatic carbocycles. The molecule has 4 aromatic rings. The van der Waals surface area contributed by atoms with Crippen LogP contribution in [0.1, 0.15) is 86.6 Å². The van der Waals surface area contributed by atoms with Gasteiger partial charge in [0.15, 0.2) is 5.82 Å². The van der Waals surface area contributed by atoms with Crippen LogP contribution in [-0.4, -0.2) is 88.7 Å². The molecular formula is C51H70N6O7. The molecule has 13 heteroatoms. The smallest absolute Gasteiger partial charge is 0.227 e. The normalized spacial score (nSPS) is 13.1. The number of rotatable bonds is 28. The van der Waals surface area contributed by atoms with Gasteiger partial charge >= 0.3 is 0 Å². The lowest BCUT2D eigenvalue weighted by Gasteiger charge is -2.29. The Kier molecular flexibility index (Phi) is 21.4. The molecule has 346 valence electrons. The van der Waals surface area contributed by atoms with E-state index in [2.05, 4.69) is 66.0 Å². The van der Waals surface area contributed by atoms with E-state index >= 15 is 0 Å². The van der Waals surface area contributed by atoms with E-state index in [1.165, 1.54) is 5.56 Å². The topological polar surface area (TPSA) is 151 Å². The Morgan fingerprint density at radius 2 is 1.44 bits per heavy atom. The number of hydrogen-bond acceptors (Lipinski definition) is 9. The fraction of sp³-hybridized carbons (Fsp3) is 0.471. The van der Waals surface area contributed by atoms with Crippen molar-refractivity contribution in [3.05, 3.63) is 117 Å². The number of aryl methyl sites for hydroxylation is 2. The van der Waals surface area contributed by atoms with Crippen LogP contribution in [0.3, 0.4) is 0 Å². The molecule has 1 aliphatic rings. The summed E-state index contributed by atoms with van der Waals surface area (Å²) < 4.78 is 30.8. The van der Waals surface area contributed by atoms with Crippen LogP contribution >= 0.6 is 0 Å². The summed E-state index contributed by atoms with van der Waals surface area (Å²) in [7, 11) is 1.68. The Hall–Kier alpha value is -5.47. The summed E-state index contributed by atoms with van der Waals surface area (Å²) in [4.78, 5) is 32.6. The van der Waals surface area contributed by atoms with Crippen molar-refractivity contribution >= 4 is 35.7 Å². The third kappa shape index (κ3) is 16.0. The van der Waals surface area contributed by atoms with Crippen LogP contribution in [0.15, 0.2) is 84.0 Å². The van der Waals surface area contributed by atoms with Crippen molar-refractivity contribution in [2.75, 3.05) is 71.3 Å². The highest BCUT2D eigenvalue weighted by Gasteiger charge is 2.23. The van der Waals surface area contributed by atoms with Crippen LogP contribution in [0.4, 0.5) is 5.69 Å². The molecule has 2 amide bonds. The van der Waals surface area contributed by atoms with Gasteiger partial charge in [0, 0.05) is 49.8 Å². The maximum absolute atomic E-state index is 13.4. The molecule has 0 unspecified atom stereocenters. The summed E-state index contributed by atoms with van der Waals surface area (Å²) in [6.45, 7) is 14.2. The molecule has 1 aromatic heterocycles. The number of fused-ring (bicyclic) bond motifs is 2. The second-order valence-corrected chi connectivity index (χ2v) is 15.9. The number of carbonyl (C=O) groups excluding carboxylic acids is 2. The second-order valence-electron chi connectivity index (χ2n) is 15.9. The maximum atomic E-state index is 13.4. The summed E-state index contributed by atoms with van der Waals surface area (Å²) in [6.07, 6.45) is 9.09. The minimum Gasteiger partial charge on any atom is -0.496 e. The summed E-state index contributed by atoms with van der Waals surface area (Å²) in [5.41, 5.74) is 12.8. The predicted octanol–water partition coefficient (Wildman–Crippen LogP) is 5.75. The Morgan fingerprint density at radius 1 is 0.750 bits per heavy atom. The van der Waals surface area contributed by atoms with Gasteiger partial charge in [-0.15, -0.1) is 0 Å². The molecule has 0 bridgehead atoms. The molecule has 0 atom stereocenters. The van der Waals surface area contributed by atoms with Crippen LogP contribution in [0, 0.1) is 0 Å². The van der Waals surface area contributed by atoms with E-state index in [1.54, 1.807) is 7.11 Å². The SMILES string of the molecule is C=c1ccn(Cc2ccc(COCCOCCOCCOCCNC(=O)CCC(=O)N3Cc4ccccc4CCc4ccccc43)cc2OC)/c1=C(/N=C(/N)CCC)NCCCCC. The number of anilines is 1. The van der Waals surface area contributed by atoms with E-state index in [0.717, 1.165) is 102 Å². The Labute approximate surface area is 379 Å². The van der Waals surface area contributed by atoms with E-state index < -0.39 is 0 Å². The van der Waals surface area contributed by atoms with Crippen molar-refractivity contribution in [2.45, 2.75) is 91.3 Å². The average molecular weight is 879 g/mol. The van der Waals surface area contributed by atoms with Gasteiger partial charge in [-0.05, 0) is 71.4 Å². The number of aromatic nitrogens is 1. The minimum atomic E-state index is -0.173. The molecule has 0 fully saturated rings. The summed E-state index contributed by atoms with van der Waals surface area (Å²) in [6, 6.07) is 24.5. The van der Waals surface area contributed by atoms with E-state index in [-0.39, 0.29) is 24.7 Å². The van der Waals surface area contributed by atoms with Crippen LogP contribution < -0.4 is 36.6 Å². The Morgan fingerprint density at radius 3 is 2.17 bits per heavy atom. The highest BCUT2D eigenvalue weighted by Crippen LogP contribution is 2.29. The molecule has 2 heterocycles. The number of carbonyl (C=O) groups is 2. The number of nitrogens with two attached hydrogens (primary N) is 1. The summed E-state index contributed by atoms with van der Waals surface area (Å²) in [5, 5.41) is 8.19. The molecule has 5 rings (SSSR count). The number of benzene rings is 3. The van der Waals surface area contributed by atoms with Crippen molar-refractivity contribution < 1.29 is 33.3 Å². The van der Waals surface area contributed by atoms with E-state index in [9.17, 15) is 9.59 Å². The number of hydrogen-bond donors (Lipinski definition) is 3. The molecule has 64 heavy (non-hydrogen) atoms. The molecule has 0 saturated carbocycles. The van der Waals surface area contributed by atoms with Crippen LogP contribution in [0.5, 0.6) is 5.75 Å². The lowest BCUT2D eigenvalue weighted by atomic mass is 9.95. The van der Waals surface area contributed by atoms with Crippen molar-refractivity contribution in [3.8, 4) is 5.75 Å². The van der Waals surface area contributed by atoms with Crippen LogP contribution in [0.25, 0.3) is 12.4 Å². The second kappa shape index (κ2) is 27.7. The first-order chi connectivity index (χ1) is 31.3. The predicted molar refractivity (Wildman–Crippen MR) is 255 cm³/mol. The monoisotopic (exact) mass is 879 g/mol. The molecular weight excluding hydrogens is 809 g/mol. The van der Waals surface area contributed by atoms with E-state index in [0.29, 0.717) is 78.3 Å². The number of ether oxygens (including phenoxy) is 5. The van der Waals surface area contributed by atoms with E-state index in [1.807, 2.05) is 53.6 Å². The number of nitrogens with zero attached hydrogens (tertiary/aromatic N) is 3. The largest absolute Gasteiger partial charge is 0.496 e. The van der Waals surface area contributed by atoms with Crippen LogP contribution in [-0.2, 0) is 61.1 Å². The molecule has 13 nitrogen and oxygen atoms in total. The highest BCUT2D eigenvalue weighted by atomic mass is 16.6. The molecule has 4 N–H and O–H groups in total. The van der Waals surface area contributed by atoms with Crippen molar-refractivity contribution in [3.63, 3.8) is 0 Å². The number of amides is 2. The fourth-order valence-electron chi connectivity index (χ4n) is 7.59. The van der Waals surface area contributed by atoms with Gasteiger partial charge in [0.2, 0.25) is 11.8 Å². The third-order valence-electron chi connectivity index (χ3n) is 11.0. The quantitative estimate of drug-likeness (QED) is 0.0368. The van der Waals surface area contributed by atoms with Gasteiger partial charge in [-0.25, -0.2) is 4.99 Å². The number of unbranched alkanes of at least 4 members (excludes halogenated alkanes) is 2. The number of nitrogens with one attached hydrogen (secondary N) is 2. The van der Waals surface area contributed by atoms with Gasteiger partial charge in [0.1, 0.15) is 11.6 Å². The lowest BCUT2D eigenvalue weighted by Crippen LogP contribution is -2.36. The van der Waals surface area contributed by atoms with Crippen molar-refractivity contribution in [1.82, 2.24) is 15.2 Å². The first-order valence-corrected chi connectivity index (χ1v) is 22.9. The Balaban J connectivity index is 0.923. The van der Waals surface area contributed by atoms with Crippen LogP contribution in [0.2, 0.25) is 0 Å². The zero-order chi connectivity index (χ0) is 45.4. The molecule has 1 aliphatic heterocycles. The maximum Gasteiger partial charge on any atom is 0.227 e. The zero-order valence-corrected chi connectivity index (χ0v) is 38.3. The van der Waals surface area contributed by atoms with Gasteiger partial charge < -0.3 is 49.5 Å². The minimum absolute atomic E-state index is 0.0610. The van der Waals surface area contributed by atoms with Gasteiger partial charge in [-0.3, -0.25) is 9.59 Å². The highest BCUT2D eigenvalue weighted by molar-refractivity contribution is 5.96. The number of aliphatic imine (C=N–C) groups is 1. The first-order valence-electron chi connectivity index (χ1n) is 22.9. The Bertz CT molecular complexity index is 2200. The molecule has 0 saturated heterocycles. The van der Waals surface area contributed by atoms with Crippen molar-refractivity contribution in [2.24, 2.45) is 10.7 Å². The lowest BCUT2D eigenvalue weighted by molar-refractivity contribution is -0.125. The van der Waals surface area contributed by atoms with Crippen molar-refractivity contribution in [1.29, 1.82) is 0 Å². The van der Waals surface area contributed by atoms with Gasteiger partial charge in [0.25, 0.3) is 0 Å².